The molecule has 0 amide bonds. The molecule has 0 aromatic heterocycles. The highest BCUT2D eigenvalue weighted by Gasteiger charge is 2.18. The van der Waals surface area contributed by atoms with E-state index in [-0.39, 0.29) is 5.41 Å². The number of hydrogen-bond acceptors (Lipinski definition) is 2. The van der Waals surface area contributed by atoms with Crippen LogP contribution in [-0.4, -0.2) is 18.2 Å². The van der Waals surface area contributed by atoms with Gasteiger partial charge >= 0.3 is 0 Å². The van der Waals surface area contributed by atoms with Gasteiger partial charge in [0.05, 0.1) is 0 Å². The van der Waals surface area contributed by atoms with Crippen molar-refractivity contribution in [2.45, 2.75) is 34.1 Å². The Morgan fingerprint density at radius 1 is 1.18 bits per heavy atom. The molecule has 0 unspecified atom stereocenters. The zero-order valence-corrected chi connectivity index (χ0v) is 11.5. The number of nitrogens with one attached hydrogen (secondary N) is 1. The van der Waals surface area contributed by atoms with Gasteiger partial charge in [-0.1, -0.05) is 39.8 Å². The van der Waals surface area contributed by atoms with Crippen LogP contribution in [0.5, 0.6) is 5.75 Å². The van der Waals surface area contributed by atoms with Gasteiger partial charge < -0.3 is 10.4 Å². The van der Waals surface area contributed by atoms with Crippen molar-refractivity contribution in [1.29, 1.82) is 0 Å². The average molecular weight is 235 g/mol. The van der Waals surface area contributed by atoms with Crippen LogP contribution in [0.25, 0.3) is 0 Å². The topological polar surface area (TPSA) is 32.3 Å². The normalized spacial score (nSPS) is 12.1. The maximum atomic E-state index is 9.25. The lowest BCUT2D eigenvalue weighted by molar-refractivity contribution is 0.330. The maximum Gasteiger partial charge on any atom is 0.115 e. The molecular formula is C15H25NO. The highest BCUT2D eigenvalue weighted by Crippen LogP contribution is 2.22. The molecule has 2 N–H and O–H groups in total. The van der Waals surface area contributed by atoms with Crippen molar-refractivity contribution in [3.05, 3.63) is 29.8 Å². The van der Waals surface area contributed by atoms with Crippen LogP contribution in [0, 0.1) is 11.3 Å². The third kappa shape index (κ3) is 5.73. The highest BCUT2D eigenvalue weighted by atomic mass is 16.3. The Morgan fingerprint density at radius 3 is 2.29 bits per heavy atom. The Balaban J connectivity index is 2.45. The summed E-state index contributed by atoms with van der Waals surface area (Å²) in [6, 6.07) is 7.51. The third-order valence-corrected chi connectivity index (χ3v) is 2.78. The first-order valence-electron chi connectivity index (χ1n) is 6.38. The van der Waals surface area contributed by atoms with E-state index in [1.54, 1.807) is 12.1 Å². The van der Waals surface area contributed by atoms with Crippen LogP contribution in [0.1, 0.15) is 33.3 Å². The number of hydrogen-bond donors (Lipinski definition) is 2. The lowest BCUT2D eigenvalue weighted by Crippen LogP contribution is -2.33. The van der Waals surface area contributed by atoms with Crippen molar-refractivity contribution >= 4 is 0 Å². The Morgan fingerprint density at radius 2 is 1.76 bits per heavy atom. The van der Waals surface area contributed by atoms with Gasteiger partial charge in [-0.15, -0.1) is 0 Å². The van der Waals surface area contributed by atoms with Crippen LogP contribution in [0.2, 0.25) is 0 Å². The predicted molar refractivity (Wildman–Crippen MR) is 73.3 cm³/mol. The molecule has 2 nitrogen and oxygen atoms in total. The van der Waals surface area contributed by atoms with E-state index >= 15 is 0 Å². The van der Waals surface area contributed by atoms with E-state index in [4.69, 9.17) is 0 Å². The fourth-order valence-electron chi connectivity index (χ4n) is 1.93. The molecule has 1 aromatic carbocycles. The average Bonchev–Trinajstić information content (AvgIpc) is 2.20. The molecule has 0 radical (unpaired) electrons. The molecule has 0 aliphatic carbocycles. The fourth-order valence-corrected chi connectivity index (χ4v) is 1.93. The van der Waals surface area contributed by atoms with E-state index in [0.29, 0.717) is 11.7 Å². The van der Waals surface area contributed by atoms with Gasteiger partial charge in [-0.2, -0.15) is 0 Å². The first-order valence-corrected chi connectivity index (χ1v) is 6.38. The molecule has 0 saturated heterocycles. The van der Waals surface area contributed by atoms with Crippen LogP contribution < -0.4 is 5.32 Å². The quantitative estimate of drug-likeness (QED) is 0.793. The Labute approximate surface area is 105 Å². The van der Waals surface area contributed by atoms with E-state index in [2.05, 4.69) is 33.0 Å². The fraction of sp³-hybridized carbons (Fsp3) is 0.600. The minimum atomic E-state index is 0.242. The molecule has 1 rings (SSSR count). The van der Waals surface area contributed by atoms with E-state index in [0.717, 1.165) is 19.5 Å². The summed E-state index contributed by atoms with van der Waals surface area (Å²) in [6.45, 7) is 11.1. The second kappa shape index (κ2) is 6.06. The number of rotatable bonds is 6. The molecule has 0 fully saturated rings. The minimum Gasteiger partial charge on any atom is -0.508 e. The Hall–Kier alpha value is -1.02. The molecule has 0 heterocycles. The van der Waals surface area contributed by atoms with Gasteiger partial charge in [0, 0.05) is 6.54 Å². The summed E-state index contributed by atoms with van der Waals surface area (Å²) < 4.78 is 0. The monoisotopic (exact) mass is 235 g/mol. The zero-order valence-electron chi connectivity index (χ0n) is 11.5. The first kappa shape index (κ1) is 14.0. The van der Waals surface area contributed by atoms with Gasteiger partial charge in [0.25, 0.3) is 0 Å². The van der Waals surface area contributed by atoms with E-state index in [9.17, 15) is 5.11 Å². The van der Waals surface area contributed by atoms with E-state index < -0.39 is 0 Å². The minimum absolute atomic E-state index is 0.242. The van der Waals surface area contributed by atoms with Gasteiger partial charge in [-0.05, 0) is 42.0 Å². The van der Waals surface area contributed by atoms with Crippen LogP contribution in [0.15, 0.2) is 24.3 Å². The van der Waals surface area contributed by atoms with Crippen molar-refractivity contribution in [2.24, 2.45) is 11.3 Å². The Kier molecular flexibility index (Phi) is 5.01. The van der Waals surface area contributed by atoms with E-state index in [1.165, 1.54) is 5.56 Å². The largest absolute Gasteiger partial charge is 0.508 e. The van der Waals surface area contributed by atoms with Crippen LogP contribution in [-0.2, 0) is 6.42 Å². The molecule has 0 atom stereocenters. The summed E-state index contributed by atoms with van der Waals surface area (Å²) >= 11 is 0. The first-order chi connectivity index (χ1) is 7.89. The third-order valence-electron chi connectivity index (χ3n) is 2.78. The summed E-state index contributed by atoms with van der Waals surface area (Å²) in [7, 11) is 0. The molecule has 2 heteroatoms. The Bertz CT molecular complexity index is 327. The predicted octanol–water partition coefficient (Wildman–Crippen LogP) is 3.21. The molecule has 0 aliphatic rings. The molecule has 96 valence electrons. The van der Waals surface area contributed by atoms with Crippen molar-refractivity contribution in [1.82, 2.24) is 5.32 Å². The number of phenols is 1. The highest BCUT2D eigenvalue weighted by molar-refractivity contribution is 5.26. The van der Waals surface area contributed by atoms with Crippen molar-refractivity contribution in [3.8, 4) is 5.75 Å². The summed E-state index contributed by atoms with van der Waals surface area (Å²) in [6.07, 6.45) is 1.03. The van der Waals surface area contributed by atoms with Crippen molar-refractivity contribution in [2.75, 3.05) is 13.1 Å². The van der Waals surface area contributed by atoms with E-state index in [1.807, 2.05) is 12.1 Å². The second-order valence-electron chi connectivity index (χ2n) is 6.03. The molecule has 0 spiro atoms. The molecule has 17 heavy (non-hydrogen) atoms. The summed E-state index contributed by atoms with van der Waals surface area (Å²) in [5.41, 5.74) is 1.52. The molecule has 0 saturated carbocycles. The SMILES string of the molecule is CC(C)CNCC(C)(C)Cc1ccc(O)cc1. The number of phenolic OH excluding ortho intramolecular Hbond substituents is 1. The van der Waals surface area contributed by atoms with Gasteiger partial charge in [0.2, 0.25) is 0 Å². The molecule has 0 aliphatic heterocycles. The maximum absolute atomic E-state index is 9.25. The van der Waals surface area contributed by atoms with Crippen molar-refractivity contribution < 1.29 is 5.11 Å². The van der Waals surface area contributed by atoms with Crippen molar-refractivity contribution in [3.63, 3.8) is 0 Å². The molecule has 0 bridgehead atoms. The molecule has 1 aromatic rings. The summed E-state index contributed by atoms with van der Waals surface area (Å²) in [5.74, 6) is 1.03. The van der Waals surface area contributed by atoms with Gasteiger partial charge in [-0.3, -0.25) is 0 Å². The van der Waals surface area contributed by atoms with Gasteiger partial charge in [0.1, 0.15) is 5.75 Å². The van der Waals surface area contributed by atoms with Crippen LogP contribution in [0.4, 0.5) is 0 Å². The lowest BCUT2D eigenvalue weighted by Gasteiger charge is -2.25. The lowest BCUT2D eigenvalue weighted by atomic mass is 9.85. The zero-order chi connectivity index (χ0) is 12.9. The number of benzene rings is 1. The smallest absolute Gasteiger partial charge is 0.115 e. The van der Waals surface area contributed by atoms with Crippen LogP contribution >= 0.6 is 0 Å². The van der Waals surface area contributed by atoms with Crippen LogP contribution in [0.3, 0.4) is 0 Å². The second-order valence-corrected chi connectivity index (χ2v) is 6.03. The number of aromatic hydroxyl groups is 1. The summed E-state index contributed by atoms with van der Waals surface area (Å²) in [4.78, 5) is 0. The molecular weight excluding hydrogens is 210 g/mol. The van der Waals surface area contributed by atoms with Gasteiger partial charge in [-0.25, -0.2) is 0 Å². The standard InChI is InChI=1S/C15H25NO/c1-12(2)10-16-11-15(3,4)9-13-5-7-14(17)8-6-13/h5-8,12,16-17H,9-11H2,1-4H3. The van der Waals surface area contributed by atoms with Gasteiger partial charge in [0.15, 0.2) is 0 Å². The summed E-state index contributed by atoms with van der Waals surface area (Å²) in [5, 5.41) is 12.8.